The minimum Gasteiger partial charge on any atom is -0.334 e. The van der Waals surface area contributed by atoms with Gasteiger partial charge in [-0.3, -0.25) is 14.6 Å². The summed E-state index contributed by atoms with van der Waals surface area (Å²) in [7, 11) is 0. The third-order valence-electron chi connectivity index (χ3n) is 4.75. The summed E-state index contributed by atoms with van der Waals surface area (Å²) >= 11 is 0. The van der Waals surface area contributed by atoms with Crippen LogP contribution < -0.4 is 0 Å². The number of H-pyrrole nitrogens is 1. The number of nitrogens with zero attached hydrogens (tertiary/aromatic N) is 4. The Morgan fingerprint density at radius 2 is 1.88 bits per heavy atom. The summed E-state index contributed by atoms with van der Waals surface area (Å²) < 4.78 is 2.03. The van der Waals surface area contributed by atoms with E-state index in [2.05, 4.69) is 28.3 Å². The molecule has 1 N–H and O–H groups in total. The molecule has 1 fully saturated rings. The van der Waals surface area contributed by atoms with Crippen molar-refractivity contribution in [3.8, 4) is 11.3 Å². The average Bonchev–Trinajstić information content (AvgIpc) is 3.09. The van der Waals surface area contributed by atoms with Gasteiger partial charge in [0.1, 0.15) is 5.69 Å². The number of hydrogen-bond donors (Lipinski definition) is 1. The second-order valence-corrected chi connectivity index (χ2v) is 6.67. The van der Waals surface area contributed by atoms with Gasteiger partial charge in [-0.2, -0.15) is 10.2 Å². The Balaban J connectivity index is 1.56. The molecule has 0 unspecified atom stereocenters. The van der Waals surface area contributed by atoms with Gasteiger partial charge in [0.05, 0.1) is 17.3 Å². The summed E-state index contributed by atoms with van der Waals surface area (Å²) in [6, 6.07) is 12.1. The van der Waals surface area contributed by atoms with Gasteiger partial charge in [0, 0.05) is 30.0 Å². The first-order valence-corrected chi connectivity index (χ1v) is 8.47. The fourth-order valence-corrected chi connectivity index (χ4v) is 3.45. The van der Waals surface area contributed by atoms with E-state index in [1.54, 1.807) is 0 Å². The Labute approximate surface area is 146 Å². The van der Waals surface area contributed by atoms with Crippen LogP contribution in [0, 0.1) is 20.8 Å². The highest BCUT2D eigenvalue weighted by Crippen LogP contribution is 2.29. The number of rotatable bonds is 3. The standard InChI is InChI=1S/C19H21N5O/c1-12-9-13(2)24(22-12)16-10-23(11-16)19(25)17-14(3)20-21-18(17)15-7-5-4-6-8-15/h4-9,16H,10-11H2,1-3H3,(H,20,21). The van der Waals surface area contributed by atoms with E-state index in [0.29, 0.717) is 18.7 Å². The number of aryl methyl sites for hydroxylation is 3. The SMILES string of the molecule is Cc1cc(C)n(C2CN(C(=O)c3c(-c4ccccc4)n[nH]c3C)C2)n1. The first-order chi connectivity index (χ1) is 12.0. The molecule has 1 aliphatic heterocycles. The second-order valence-electron chi connectivity index (χ2n) is 6.67. The molecule has 4 rings (SSSR count). The predicted molar refractivity (Wildman–Crippen MR) is 95.4 cm³/mol. The first-order valence-electron chi connectivity index (χ1n) is 8.47. The number of carbonyl (C=O) groups excluding carboxylic acids is 1. The Kier molecular flexibility index (Phi) is 3.67. The lowest BCUT2D eigenvalue weighted by molar-refractivity contribution is 0.0497. The van der Waals surface area contributed by atoms with Crippen LogP contribution in [0.25, 0.3) is 11.3 Å². The van der Waals surface area contributed by atoms with E-state index in [0.717, 1.165) is 28.3 Å². The van der Waals surface area contributed by atoms with Crippen molar-refractivity contribution < 1.29 is 4.79 Å². The van der Waals surface area contributed by atoms with Crippen LogP contribution in [-0.2, 0) is 0 Å². The van der Waals surface area contributed by atoms with Gasteiger partial charge in [0.2, 0.25) is 0 Å². The first kappa shape index (κ1) is 15.6. The van der Waals surface area contributed by atoms with Crippen LogP contribution in [0.4, 0.5) is 0 Å². The molecule has 0 bridgehead atoms. The maximum Gasteiger partial charge on any atom is 0.258 e. The normalized spacial score (nSPS) is 14.6. The van der Waals surface area contributed by atoms with Crippen LogP contribution in [0.1, 0.15) is 33.5 Å². The highest BCUT2D eigenvalue weighted by molar-refractivity contribution is 6.01. The molecule has 3 heterocycles. The molecule has 0 radical (unpaired) electrons. The molecule has 1 amide bonds. The van der Waals surface area contributed by atoms with Crippen LogP contribution in [0.15, 0.2) is 36.4 Å². The fourth-order valence-electron chi connectivity index (χ4n) is 3.45. The lowest BCUT2D eigenvalue weighted by atomic mass is 10.0. The van der Waals surface area contributed by atoms with Gasteiger partial charge in [0.25, 0.3) is 5.91 Å². The molecule has 0 saturated carbocycles. The summed E-state index contributed by atoms with van der Waals surface area (Å²) in [6.07, 6.45) is 0. The number of aromatic nitrogens is 4. The van der Waals surface area contributed by atoms with Gasteiger partial charge in [-0.25, -0.2) is 0 Å². The van der Waals surface area contributed by atoms with Gasteiger partial charge in [-0.05, 0) is 26.8 Å². The smallest absolute Gasteiger partial charge is 0.258 e. The second kappa shape index (κ2) is 5.88. The average molecular weight is 335 g/mol. The van der Waals surface area contributed by atoms with Crippen LogP contribution >= 0.6 is 0 Å². The molecule has 1 aliphatic rings. The largest absolute Gasteiger partial charge is 0.334 e. The third kappa shape index (κ3) is 2.63. The Morgan fingerprint density at radius 1 is 1.16 bits per heavy atom. The molecule has 3 aromatic rings. The van der Waals surface area contributed by atoms with Gasteiger partial charge in [-0.15, -0.1) is 0 Å². The van der Waals surface area contributed by atoms with Crippen molar-refractivity contribution in [2.24, 2.45) is 0 Å². The topological polar surface area (TPSA) is 66.8 Å². The minimum absolute atomic E-state index is 0.0304. The van der Waals surface area contributed by atoms with Crippen LogP contribution in [0.5, 0.6) is 0 Å². The van der Waals surface area contributed by atoms with Crippen molar-refractivity contribution in [1.82, 2.24) is 24.9 Å². The molecule has 6 nitrogen and oxygen atoms in total. The number of aromatic amines is 1. The summed E-state index contributed by atoms with van der Waals surface area (Å²) in [6.45, 7) is 7.30. The van der Waals surface area contributed by atoms with Gasteiger partial charge in [0.15, 0.2) is 0 Å². The molecular weight excluding hydrogens is 314 g/mol. The molecule has 1 aromatic carbocycles. The van der Waals surface area contributed by atoms with E-state index in [1.807, 2.05) is 53.8 Å². The van der Waals surface area contributed by atoms with Gasteiger partial charge < -0.3 is 4.90 Å². The predicted octanol–water partition coefficient (Wildman–Crippen LogP) is 2.90. The van der Waals surface area contributed by atoms with Crippen molar-refractivity contribution in [2.45, 2.75) is 26.8 Å². The molecular formula is C19H21N5O. The number of amides is 1. The van der Waals surface area contributed by atoms with Gasteiger partial charge >= 0.3 is 0 Å². The number of benzene rings is 1. The maximum absolute atomic E-state index is 13.0. The zero-order valence-electron chi connectivity index (χ0n) is 14.7. The van der Waals surface area contributed by atoms with Crippen molar-refractivity contribution in [3.05, 3.63) is 59.0 Å². The van der Waals surface area contributed by atoms with E-state index >= 15 is 0 Å². The van der Waals surface area contributed by atoms with Crippen molar-refractivity contribution in [2.75, 3.05) is 13.1 Å². The highest BCUT2D eigenvalue weighted by Gasteiger charge is 2.36. The summed E-state index contributed by atoms with van der Waals surface area (Å²) in [4.78, 5) is 14.9. The van der Waals surface area contributed by atoms with Crippen LogP contribution in [-0.4, -0.2) is 43.9 Å². The zero-order chi connectivity index (χ0) is 17.6. The van der Waals surface area contributed by atoms with E-state index in [4.69, 9.17) is 0 Å². The molecule has 1 saturated heterocycles. The van der Waals surface area contributed by atoms with E-state index in [9.17, 15) is 4.79 Å². The molecule has 128 valence electrons. The van der Waals surface area contributed by atoms with Crippen molar-refractivity contribution in [1.29, 1.82) is 0 Å². The monoisotopic (exact) mass is 335 g/mol. The summed E-state index contributed by atoms with van der Waals surface area (Å²) in [5.41, 5.74) is 5.29. The van der Waals surface area contributed by atoms with E-state index < -0.39 is 0 Å². The Morgan fingerprint density at radius 3 is 2.52 bits per heavy atom. The molecule has 2 aromatic heterocycles. The highest BCUT2D eigenvalue weighted by atomic mass is 16.2. The molecule has 0 atom stereocenters. The summed E-state index contributed by atoms with van der Waals surface area (Å²) in [5.74, 6) is 0.0304. The lowest BCUT2D eigenvalue weighted by Gasteiger charge is -2.39. The molecule has 0 spiro atoms. The van der Waals surface area contributed by atoms with Crippen LogP contribution in [0.3, 0.4) is 0 Å². The number of likely N-dealkylation sites (tertiary alicyclic amines) is 1. The third-order valence-corrected chi connectivity index (χ3v) is 4.75. The van der Waals surface area contributed by atoms with Crippen molar-refractivity contribution in [3.63, 3.8) is 0 Å². The molecule has 6 heteroatoms. The number of nitrogens with one attached hydrogen (secondary N) is 1. The minimum atomic E-state index is 0.0304. The quantitative estimate of drug-likeness (QED) is 0.800. The fraction of sp³-hybridized carbons (Fsp3) is 0.316. The zero-order valence-corrected chi connectivity index (χ0v) is 14.7. The Bertz CT molecular complexity index is 919. The van der Waals surface area contributed by atoms with Gasteiger partial charge in [-0.1, -0.05) is 30.3 Å². The lowest BCUT2D eigenvalue weighted by Crippen LogP contribution is -2.51. The molecule has 25 heavy (non-hydrogen) atoms. The molecule has 0 aliphatic carbocycles. The Hall–Kier alpha value is -2.89. The van der Waals surface area contributed by atoms with Crippen molar-refractivity contribution >= 4 is 5.91 Å². The maximum atomic E-state index is 13.0. The number of carbonyl (C=O) groups is 1. The summed E-state index contributed by atoms with van der Waals surface area (Å²) in [5, 5.41) is 11.8. The number of hydrogen-bond acceptors (Lipinski definition) is 3. The van der Waals surface area contributed by atoms with E-state index in [1.165, 1.54) is 0 Å². The van der Waals surface area contributed by atoms with Crippen LogP contribution in [0.2, 0.25) is 0 Å². The van der Waals surface area contributed by atoms with E-state index in [-0.39, 0.29) is 11.9 Å².